The van der Waals surface area contributed by atoms with Crippen LogP contribution in [0.3, 0.4) is 0 Å². The van der Waals surface area contributed by atoms with Gasteiger partial charge in [-0.15, -0.1) is 0 Å². The van der Waals surface area contributed by atoms with Crippen LogP contribution in [0, 0.1) is 5.82 Å². The van der Waals surface area contributed by atoms with E-state index in [0.29, 0.717) is 5.56 Å². The van der Waals surface area contributed by atoms with E-state index in [4.69, 9.17) is 4.74 Å². The van der Waals surface area contributed by atoms with Crippen molar-refractivity contribution in [2.24, 2.45) is 0 Å². The number of halogens is 1. The van der Waals surface area contributed by atoms with E-state index in [9.17, 15) is 4.79 Å². The average Bonchev–Trinajstić information content (AvgIpc) is 3.39. The predicted octanol–water partition coefficient (Wildman–Crippen LogP) is 5.59. The molecule has 6 heteroatoms. The van der Waals surface area contributed by atoms with Crippen molar-refractivity contribution in [3.63, 3.8) is 0 Å². The highest BCUT2D eigenvalue weighted by Crippen LogP contribution is 2.32. The lowest BCUT2D eigenvalue weighted by Gasteiger charge is -2.23. The zero-order valence-corrected chi connectivity index (χ0v) is 20.4. The molecule has 5 nitrogen and oxygen atoms in total. The highest BCUT2D eigenvalue weighted by molar-refractivity contribution is 5.94. The van der Waals surface area contributed by atoms with E-state index in [-0.39, 0.29) is 10.8 Å². The summed E-state index contributed by atoms with van der Waals surface area (Å²) in [7, 11) is 1.62. The molecular weight excluding hydrogens is 429 g/mol. The number of unbranched alkanes of at least 4 members (excludes halogenated alkanes) is 2. The van der Waals surface area contributed by atoms with E-state index in [0.717, 1.165) is 80.9 Å². The first kappa shape index (κ1) is 24.3. The molecule has 2 heterocycles. The average molecular weight is 466 g/mol. The summed E-state index contributed by atoms with van der Waals surface area (Å²) >= 11 is 0. The van der Waals surface area contributed by atoms with E-state index in [1.54, 1.807) is 7.11 Å². The van der Waals surface area contributed by atoms with Gasteiger partial charge in [-0.2, -0.15) is 0 Å². The number of benzene rings is 2. The topological polar surface area (TPSA) is 46.5 Å². The molecule has 0 spiro atoms. The van der Waals surface area contributed by atoms with Crippen molar-refractivity contribution >= 4 is 16.6 Å². The standard InChI is InChI=1S/C28H36FN3O2/c1-3-4-15-30-16-5-6-19-32-20-23(21-9-11-22(34-2)12-10-21)28(33)26-24(29)13-14-25(27(26)32)31-17-7-8-18-31/h9-14,20,30H,3-8,15-19H2,1-2H3. The van der Waals surface area contributed by atoms with Gasteiger partial charge in [0.15, 0.2) is 5.43 Å². The van der Waals surface area contributed by atoms with Gasteiger partial charge in [0.1, 0.15) is 11.6 Å². The quantitative estimate of drug-likeness (QED) is 0.375. The fraction of sp³-hybridized carbons (Fsp3) is 0.464. The third-order valence-corrected chi connectivity index (χ3v) is 6.71. The molecule has 1 aromatic heterocycles. The minimum absolute atomic E-state index is 0.193. The van der Waals surface area contributed by atoms with Crippen LogP contribution in [0.4, 0.5) is 10.1 Å². The number of ether oxygens (including phenoxy) is 1. The molecule has 1 N–H and O–H groups in total. The number of hydrogen-bond acceptors (Lipinski definition) is 4. The van der Waals surface area contributed by atoms with E-state index in [1.165, 1.54) is 18.9 Å². The van der Waals surface area contributed by atoms with Gasteiger partial charge in [0.2, 0.25) is 0 Å². The molecule has 0 radical (unpaired) electrons. The summed E-state index contributed by atoms with van der Waals surface area (Å²) in [4.78, 5) is 15.9. The molecule has 0 saturated carbocycles. The van der Waals surface area contributed by atoms with Gasteiger partial charge in [0, 0.05) is 31.4 Å². The Labute approximate surface area is 201 Å². The Hall–Kier alpha value is -2.86. The molecule has 0 amide bonds. The number of aryl methyl sites for hydroxylation is 1. The molecule has 0 bridgehead atoms. The Morgan fingerprint density at radius 1 is 1.00 bits per heavy atom. The van der Waals surface area contributed by atoms with Crippen LogP contribution in [0.1, 0.15) is 45.4 Å². The van der Waals surface area contributed by atoms with Crippen molar-refractivity contribution < 1.29 is 9.13 Å². The van der Waals surface area contributed by atoms with Crippen LogP contribution < -0.4 is 20.4 Å². The van der Waals surface area contributed by atoms with Crippen molar-refractivity contribution in [3.8, 4) is 16.9 Å². The zero-order valence-electron chi connectivity index (χ0n) is 20.4. The van der Waals surface area contributed by atoms with Gasteiger partial charge in [-0.25, -0.2) is 4.39 Å². The lowest BCUT2D eigenvalue weighted by molar-refractivity contribution is 0.415. The second kappa shape index (κ2) is 11.5. The summed E-state index contributed by atoms with van der Waals surface area (Å²) < 4.78 is 22.6. The molecule has 3 aromatic rings. The van der Waals surface area contributed by atoms with Gasteiger partial charge < -0.3 is 19.5 Å². The number of methoxy groups -OCH3 is 1. The van der Waals surface area contributed by atoms with E-state index in [1.807, 2.05) is 36.5 Å². The molecule has 0 aliphatic carbocycles. The number of nitrogens with one attached hydrogen (secondary N) is 1. The Morgan fingerprint density at radius 3 is 2.44 bits per heavy atom. The Kier molecular flexibility index (Phi) is 8.22. The van der Waals surface area contributed by atoms with Gasteiger partial charge >= 0.3 is 0 Å². The normalized spacial score (nSPS) is 13.7. The number of fused-ring (bicyclic) bond motifs is 1. The van der Waals surface area contributed by atoms with Gasteiger partial charge in [-0.1, -0.05) is 25.5 Å². The van der Waals surface area contributed by atoms with Crippen LogP contribution in [-0.4, -0.2) is 37.9 Å². The van der Waals surface area contributed by atoms with Crippen LogP contribution >= 0.6 is 0 Å². The molecule has 2 aromatic carbocycles. The monoisotopic (exact) mass is 465 g/mol. The summed E-state index contributed by atoms with van der Waals surface area (Å²) in [5.74, 6) is 0.274. The van der Waals surface area contributed by atoms with E-state index in [2.05, 4.69) is 21.7 Å². The largest absolute Gasteiger partial charge is 0.497 e. The number of nitrogens with zero attached hydrogens (tertiary/aromatic N) is 2. The van der Waals surface area contributed by atoms with E-state index < -0.39 is 5.82 Å². The maximum atomic E-state index is 15.2. The van der Waals surface area contributed by atoms with Gasteiger partial charge in [-0.05, 0) is 75.0 Å². The number of aromatic nitrogens is 1. The molecular formula is C28H36FN3O2. The highest BCUT2D eigenvalue weighted by Gasteiger charge is 2.22. The lowest BCUT2D eigenvalue weighted by atomic mass is 10.0. The fourth-order valence-electron chi connectivity index (χ4n) is 4.80. The molecule has 182 valence electrons. The Bertz CT molecular complexity index is 1150. The summed E-state index contributed by atoms with van der Waals surface area (Å²) in [6.45, 7) is 6.83. The zero-order chi connectivity index (χ0) is 23.9. The summed E-state index contributed by atoms with van der Waals surface area (Å²) in [5.41, 5.74) is 2.73. The molecule has 0 unspecified atom stereocenters. The second-order valence-corrected chi connectivity index (χ2v) is 9.09. The van der Waals surface area contributed by atoms with Crippen LogP contribution in [0.5, 0.6) is 5.75 Å². The molecule has 1 fully saturated rings. The number of pyridine rings is 1. The summed E-state index contributed by atoms with van der Waals surface area (Å²) in [5, 5.41) is 3.69. The molecule has 1 aliphatic heterocycles. The predicted molar refractivity (Wildman–Crippen MR) is 139 cm³/mol. The van der Waals surface area contributed by atoms with Crippen molar-refractivity contribution in [2.75, 3.05) is 38.2 Å². The van der Waals surface area contributed by atoms with Crippen molar-refractivity contribution in [1.29, 1.82) is 0 Å². The minimum Gasteiger partial charge on any atom is -0.497 e. The second-order valence-electron chi connectivity index (χ2n) is 9.09. The van der Waals surface area contributed by atoms with Crippen LogP contribution in [-0.2, 0) is 6.54 Å². The third-order valence-electron chi connectivity index (χ3n) is 6.71. The van der Waals surface area contributed by atoms with Crippen molar-refractivity contribution in [1.82, 2.24) is 9.88 Å². The first-order chi connectivity index (χ1) is 16.6. The molecule has 1 aliphatic rings. The molecule has 0 atom stereocenters. The van der Waals surface area contributed by atoms with Gasteiger partial charge in [-0.3, -0.25) is 4.79 Å². The Balaban J connectivity index is 1.74. The van der Waals surface area contributed by atoms with Crippen molar-refractivity contribution in [3.05, 3.63) is 58.6 Å². The first-order valence-corrected chi connectivity index (χ1v) is 12.6. The summed E-state index contributed by atoms with van der Waals surface area (Å²) in [6.07, 6.45) is 8.53. The Morgan fingerprint density at radius 2 is 1.74 bits per heavy atom. The number of hydrogen-bond donors (Lipinski definition) is 1. The van der Waals surface area contributed by atoms with Gasteiger partial charge in [0.25, 0.3) is 0 Å². The number of rotatable bonds is 11. The molecule has 4 rings (SSSR count). The maximum Gasteiger partial charge on any atom is 0.200 e. The smallest absolute Gasteiger partial charge is 0.200 e. The van der Waals surface area contributed by atoms with Crippen LogP contribution in [0.2, 0.25) is 0 Å². The molecule has 1 saturated heterocycles. The highest BCUT2D eigenvalue weighted by atomic mass is 19.1. The molecule has 34 heavy (non-hydrogen) atoms. The maximum absolute atomic E-state index is 15.2. The van der Waals surface area contributed by atoms with Crippen molar-refractivity contribution in [2.45, 2.75) is 52.0 Å². The SMILES string of the molecule is CCCCNCCCCn1cc(-c2ccc(OC)cc2)c(=O)c2c(F)ccc(N3CCCC3)c21. The van der Waals surface area contributed by atoms with Gasteiger partial charge in [0.05, 0.1) is 23.7 Å². The van der Waals surface area contributed by atoms with Crippen LogP contribution in [0.15, 0.2) is 47.4 Å². The number of anilines is 1. The lowest BCUT2D eigenvalue weighted by Crippen LogP contribution is -2.22. The first-order valence-electron chi connectivity index (χ1n) is 12.6. The van der Waals surface area contributed by atoms with Crippen LogP contribution in [0.25, 0.3) is 22.0 Å². The minimum atomic E-state index is -0.451. The summed E-state index contributed by atoms with van der Waals surface area (Å²) in [6, 6.07) is 10.7. The fourth-order valence-corrected chi connectivity index (χ4v) is 4.80. The van der Waals surface area contributed by atoms with E-state index >= 15 is 4.39 Å². The third kappa shape index (κ3) is 5.27.